The molecule has 0 aliphatic carbocycles. The lowest BCUT2D eigenvalue weighted by Crippen LogP contribution is -2.26. The lowest BCUT2D eigenvalue weighted by Gasteiger charge is -2.12. The molecule has 1 N–H and O–H groups in total. The largest absolute Gasteiger partial charge is 0.310 e. The number of rotatable bonds is 4. The summed E-state index contributed by atoms with van der Waals surface area (Å²) in [6.45, 7) is 3.46. The maximum atomic E-state index is 13.2. The van der Waals surface area contributed by atoms with Crippen molar-refractivity contribution in [3.63, 3.8) is 0 Å². The molecule has 0 heterocycles. The molecule has 0 spiro atoms. The first-order chi connectivity index (χ1) is 7.47. The van der Waals surface area contributed by atoms with E-state index in [1.807, 2.05) is 13.8 Å². The molecule has 0 aliphatic heterocycles. The number of nitrogens with one attached hydrogen (secondary N) is 1. The molecule has 1 aromatic carbocycles. The van der Waals surface area contributed by atoms with Gasteiger partial charge in [-0.15, -0.1) is 0 Å². The molecule has 0 fully saturated rings. The highest BCUT2D eigenvalue weighted by molar-refractivity contribution is 5.22. The van der Waals surface area contributed by atoms with Gasteiger partial charge in [0.05, 0.1) is 0 Å². The van der Waals surface area contributed by atoms with Crippen LogP contribution in [0.5, 0.6) is 0 Å². The average molecular weight is 235 g/mol. The molecule has 0 aliphatic rings. The van der Waals surface area contributed by atoms with Crippen molar-refractivity contribution < 1.29 is 17.6 Å². The normalized spacial score (nSPS) is 12.9. The van der Waals surface area contributed by atoms with Gasteiger partial charge in [-0.05, 0) is 13.3 Å². The Kier molecular flexibility index (Phi) is 4.29. The van der Waals surface area contributed by atoms with Crippen LogP contribution in [0.15, 0.2) is 6.07 Å². The second-order valence-electron chi connectivity index (χ2n) is 3.64. The maximum Gasteiger partial charge on any atom is 0.166 e. The lowest BCUT2D eigenvalue weighted by molar-refractivity contribution is 0.424. The van der Waals surface area contributed by atoms with Crippen molar-refractivity contribution in [2.75, 3.05) is 0 Å². The molecule has 1 nitrogen and oxygen atoms in total. The number of hydrogen-bond acceptors (Lipinski definition) is 1. The van der Waals surface area contributed by atoms with Crippen molar-refractivity contribution in [2.24, 2.45) is 0 Å². The molecule has 0 aromatic heterocycles. The van der Waals surface area contributed by atoms with Gasteiger partial charge in [0.2, 0.25) is 0 Å². The quantitative estimate of drug-likeness (QED) is 0.624. The SMILES string of the molecule is CCC(C)NCc1c(F)c(F)cc(F)c1F. The second-order valence-corrected chi connectivity index (χ2v) is 3.64. The highest BCUT2D eigenvalue weighted by Crippen LogP contribution is 2.19. The zero-order valence-electron chi connectivity index (χ0n) is 9.08. The van der Waals surface area contributed by atoms with E-state index in [1.54, 1.807) is 0 Å². The number of halogens is 4. The van der Waals surface area contributed by atoms with Crippen LogP contribution in [0.3, 0.4) is 0 Å². The summed E-state index contributed by atoms with van der Waals surface area (Å²) in [6, 6.07) is 0.224. The van der Waals surface area contributed by atoms with Gasteiger partial charge >= 0.3 is 0 Å². The van der Waals surface area contributed by atoms with E-state index >= 15 is 0 Å². The first-order valence-electron chi connectivity index (χ1n) is 5.02. The molecule has 90 valence electrons. The van der Waals surface area contributed by atoms with Crippen molar-refractivity contribution in [3.05, 3.63) is 34.9 Å². The van der Waals surface area contributed by atoms with Crippen LogP contribution in [0, 0.1) is 23.3 Å². The fourth-order valence-corrected chi connectivity index (χ4v) is 1.20. The van der Waals surface area contributed by atoms with E-state index in [4.69, 9.17) is 0 Å². The molecule has 0 radical (unpaired) electrons. The third-order valence-electron chi connectivity index (χ3n) is 2.44. The van der Waals surface area contributed by atoms with E-state index < -0.39 is 28.8 Å². The predicted molar refractivity (Wildman–Crippen MR) is 52.9 cm³/mol. The summed E-state index contributed by atoms with van der Waals surface area (Å²) < 4.78 is 52.0. The van der Waals surface area contributed by atoms with Gasteiger partial charge in [0.1, 0.15) is 0 Å². The van der Waals surface area contributed by atoms with Crippen molar-refractivity contribution >= 4 is 0 Å². The van der Waals surface area contributed by atoms with Crippen LogP contribution < -0.4 is 5.32 Å². The monoisotopic (exact) mass is 235 g/mol. The molecular weight excluding hydrogens is 222 g/mol. The highest BCUT2D eigenvalue weighted by Gasteiger charge is 2.18. The minimum absolute atomic E-state index is 0.0186. The number of hydrogen-bond donors (Lipinski definition) is 1. The van der Waals surface area contributed by atoms with Gasteiger partial charge in [0.15, 0.2) is 23.3 Å². The molecule has 0 saturated carbocycles. The van der Waals surface area contributed by atoms with Gasteiger partial charge in [-0.3, -0.25) is 0 Å². The summed E-state index contributed by atoms with van der Waals surface area (Å²) in [5.74, 6) is -5.43. The Balaban J connectivity index is 2.94. The smallest absolute Gasteiger partial charge is 0.166 e. The summed E-state index contributed by atoms with van der Waals surface area (Å²) in [7, 11) is 0. The molecule has 5 heteroatoms. The summed E-state index contributed by atoms with van der Waals surface area (Å²) in [6.07, 6.45) is 0.751. The van der Waals surface area contributed by atoms with E-state index in [2.05, 4.69) is 5.32 Å². The van der Waals surface area contributed by atoms with Gasteiger partial charge < -0.3 is 5.32 Å². The molecule has 1 atom stereocenters. The van der Waals surface area contributed by atoms with Crippen LogP contribution in [-0.2, 0) is 6.54 Å². The van der Waals surface area contributed by atoms with Crippen molar-refractivity contribution in [2.45, 2.75) is 32.9 Å². The van der Waals surface area contributed by atoms with Gasteiger partial charge in [0.25, 0.3) is 0 Å². The lowest BCUT2D eigenvalue weighted by atomic mass is 10.1. The first kappa shape index (κ1) is 13.0. The minimum Gasteiger partial charge on any atom is -0.310 e. The molecule has 1 rings (SSSR count). The third kappa shape index (κ3) is 2.72. The first-order valence-corrected chi connectivity index (χ1v) is 5.02. The van der Waals surface area contributed by atoms with Crippen molar-refractivity contribution in [3.8, 4) is 0 Å². The molecule has 0 bridgehead atoms. The van der Waals surface area contributed by atoms with Crippen LogP contribution in [0.25, 0.3) is 0 Å². The summed E-state index contributed by atoms with van der Waals surface area (Å²) >= 11 is 0. The Hall–Kier alpha value is -1.10. The second kappa shape index (κ2) is 5.30. The van der Waals surface area contributed by atoms with E-state index in [0.29, 0.717) is 0 Å². The summed E-state index contributed by atoms with van der Waals surface area (Å²) in [4.78, 5) is 0. The summed E-state index contributed by atoms with van der Waals surface area (Å²) in [5.41, 5.74) is -0.599. The minimum atomic E-state index is -1.38. The Morgan fingerprint density at radius 1 is 1.12 bits per heavy atom. The fraction of sp³-hybridized carbons (Fsp3) is 0.455. The predicted octanol–water partition coefficient (Wildman–Crippen LogP) is 3.13. The summed E-state index contributed by atoms with van der Waals surface area (Å²) in [5, 5.41) is 2.77. The van der Waals surface area contributed by atoms with E-state index in [1.165, 1.54) is 0 Å². The van der Waals surface area contributed by atoms with Crippen molar-refractivity contribution in [1.82, 2.24) is 5.32 Å². The standard InChI is InChI=1S/C11H13F4N/c1-3-6(2)16-5-7-10(14)8(12)4-9(13)11(7)15/h4,6,16H,3,5H2,1-2H3. The van der Waals surface area contributed by atoms with Gasteiger partial charge in [-0.2, -0.15) is 0 Å². The Morgan fingerprint density at radius 3 is 2.06 bits per heavy atom. The third-order valence-corrected chi connectivity index (χ3v) is 2.44. The van der Waals surface area contributed by atoms with Gasteiger partial charge in [-0.25, -0.2) is 17.6 Å². The Labute approximate surface area is 91.5 Å². The Bertz CT molecular complexity index is 352. The molecule has 0 amide bonds. The van der Waals surface area contributed by atoms with Crippen LogP contribution in [0.2, 0.25) is 0 Å². The topological polar surface area (TPSA) is 12.0 Å². The molecule has 16 heavy (non-hydrogen) atoms. The fourth-order valence-electron chi connectivity index (χ4n) is 1.20. The zero-order valence-corrected chi connectivity index (χ0v) is 9.08. The zero-order chi connectivity index (χ0) is 12.3. The van der Waals surface area contributed by atoms with Crippen LogP contribution in [-0.4, -0.2) is 6.04 Å². The molecule has 1 unspecified atom stereocenters. The van der Waals surface area contributed by atoms with Crippen molar-refractivity contribution in [1.29, 1.82) is 0 Å². The van der Waals surface area contributed by atoms with Gasteiger partial charge in [-0.1, -0.05) is 6.92 Å². The van der Waals surface area contributed by atoms with E-state index in [9.17, 15) is 17.6 Å². The molecule has 0 saturated heterocycles. The van der Waals surface area contributed by atoms with E-state index in [-0.39, 0.29) is 18.7 Å². The van der Waals surface area contributed by atoms with Crippen LogP contribution in [0.1, 0.15) is 25.8 Å². The molecular formula is C11H13F4N. The van der Waals surface area contributed by atoms with Crippen LogP contribution in [0.4, 0.5) is 17.6 Å². The van der Waals surface area contributed by atoms with Gasteiger partial charge in [0, 0.05) is 24.2 Å². The molecule has 1 aromatic rings. The number of benzene rings is 1. The maximum absolute atomic E-state index is 13.2. The Morgan fingerprint density at radius 2 is 1.62 bits per heavy atom. The van der Waals surface area contributed by atoms with E-state index in [0.717, 1.165) is 6.42 Å². The highest BCUT2D eigenvalue weighted by atomic mass is 19.2. The van der Waals surface area contributed by atoms with Crippen LogP contribution >= 0.6 is 0 Å². The average Bonchev–Trinajstić information content (AvgIpc) is 2.26.